The SMILES string of the molecule is CC(NC(=O)CCCNc1ncccn1)c1ccc(Br)cc1. The predicted molar refractivity (Wildman–Crippen MR) is 90.5 cm³/mol. The summed E-state index contributed by atoms with van der Waals surface area (Å²) >= 11 is 3.40. The summed E-state index contributed by atoms with van der Waals surface area (Å²) in [6.45, 7) is 2.65. The number of halogens is 1. The monoisotopic (exact) mass is 362 g/mol. The van der Waals surface area contributed by atoms with Gasteiger partial charge in [0, 0.05) is 29.8 Å². The highest BCUT2D eigenvalue weighted by Crippen LogP contribution is 2.16. The fraction of sp³-hybridized carbons (Fsp3) is 0.312. The molecule has 0 saturated heterocycles. The molecular weight excluding hydrogens is 344 g/mol. The minimum Gasteiger partial charge on any atom is -0.354 e. The van der Waals surface area contributed by atoms with Gasteiger partial charge in [-0.05, 0) is 37.1 Å². The Morgan fingerprint density at radius 1 is 1.23 bits per heavy atom. The van der Waals surface area contributed by atoms with Gasteiger partial charge in [0.1, 0.15) is 0 Å². The molecule has 1 aromatic carbocycles. The number of nitrogens with zero attached hydrogens (tertiary/aromatic N) is 2. The van der Waals surface area contributed by atoms with E-state index in [1.807, 2.05) is 31.2 Å². The smallest absolute Gasteiger partial charge is 0.222 e. The standard InChI is InChI=1S/C16H19BrN4O/c1-12(13-5-7-14(17)8-6-13)21-15(22)4-2-9-18-16-19-10-3-11-20-16/h3,5-8,10-12H,2,4,9H2,1H3,(H,21,22)(H,18,19,20). The third-order valence-corrected chi connectivity index (χ3v) is 3.71. The van der Waals surface area contributed by atoms with Gasteiger partial charge in [0.25, 0.3) is 0 Å². The topological polar surface area (TPSA) is 66.9 Å². The molecule has 2 rings (SSSR count). The van der Waals surface area contributed by atoms with Crippen LogP contribution in [-0.2, 0) is 4.79 Å². The van der Waals surface area contributed by atoms with Crippen molar-refractivity contribution in [1.82, 2.24) is 15.3 Å². The number of carbonyl (C=O) groups is 1. The molecule has 116 valence electrons. The Hall–Kier alpha value is -1.95. The largest absolute Gasteiger partial charge is 0.354 e. The van der Waals surface area contributed by atoms with Crippen molar-refractivity contribution in [3.8, 4) is 0 Å². The molecule has 0 spiro atoms. The Morgan fingerprint density at radius 3 is 2.59 bits per heavy atom. The highest BCUT2D eigenvalue weighted by atomic mass is 79.9. The number of hydrogen-bond acceptors (Lipinski definition) is 4. The molecule has 1 amide bonds. The van der Waals surface area contributed by atoms with Crippen molar-refractivity contribution in [2.75, 3.05) is 11.9 Å². The van der Waals surface area contributed by atoms with Crippen LogP contribution in [0, 0.1) is 0 Å². The third-order valence-electron chi connectivity index (χ3n) is 3.18. The van der Waals surface area contributed by atoms with E-state index in [0.717, 1.165) is 16.5 Å². The zero-order valence-electron chi connectivity index (χ0n) is 12.4. The Morgan fingerprint density at radius 2 is 1.91 bits per heavy atom. The summed E-state index contributed by atoms with van der Waals surface area (Å²) in [5.74, 6) is 0.636. The molecule has 0 fully saturated rings. The van der Waals surface area contributed by atoms with E-state index in [1.165, 1.54) is 0 Å². The van der Waals surface area contributed by atoms with Crippen molar-refractivity contribution in [2.24, 2.45) is 0 Å². The fourth-order valence-electron chi connectivity index (χ4n) is 1.99. The maximum Gasteiger partial charge on any atom is 0.222 e. The predicted octanol–water partition coefficient (Wildman–Crippen LogP) is 3.31. The lowest BCUT2D eigenvalue weighted by Gasteiger charge is -2.14. The Bertz CT molecular complexity index is 589. The number of nitrogens with one attached hydrogen (secondary N) is 2. The molecule has 0 saturated carbocycles. The first-order chi connectivity index (χ1) is 10.6. The Labute approximate surface area is 138 Å². The maximum atomic E-state index is 11.9. The quantitative estimate of drug-likeness (QED) is 0.741. The van der Waals surface area contributed by atoms with Crippen LogP contribution in [0.1, 0.15) is 31.4 Å². The van der Waals surface area contributed by atoms with E-state index in [9.17, 15) is 4.79 Å². The lowest BCUT2D eigenvalue weighted by Crippen LogP contribution is -2.26. The molecule has 2 N–H and O–H groups in total. The summed E-state index contributed by atoms with van der Waals surface area (Å²) in [7, 11) is 0. The van der Waals surface area contributed by atoms with Crippen molar-refractivity contribution >= 4 is 27.8 Å². The fourth-order valence-corrected chi connectivity index (χ4v) is 2.25. The first kappa shape index (κ1) is 16.4. The van der Waals surface area contributed by atoms with Crippen molar-refractivity contribution in [2.45, 2.75) is 25.8 Å². The molecule has 5 nitrogen and oxygen atoms in total. The Balaban J connectivity index is 1.68. The molecule has 1 heterocycles. The molecular formula is C16H19BrN4O. The van der Waals surface area contributed by atoms with E-state index in [0.29, 0.717) is 18.9 Å². The summed E-state index contributed by atoms with van der Waals surface area (Å²) in [5.41, 5.74) is 1.09. The summed E-state index contributed by atoms with van der Waals surface area (Å²) in [6, 6.07) is 9.73. The second-order valence-corrected chi connectivity index (χ2v) is 5.86. The highest BCUT2D eigenvalue weighted by molar-refractivity contribution is 9.10. The van der Waals surface area contributed by atoms with E-state index in [-0.39, 0.29) is 11.9 Å². The average molecular weight is 363 g/mol. The van der Waals surface area contributed by atoms with Gasteiger partial charge in [-0.15, -0.1) is 0 Å². The first-order valence-corrected chi connectivity index (χ1v) is 8.00. The van der Waals surface area contributed by atoms with Crippen LogP contribution in [-0.4, -0.2) is 22.4 Å². The van der Waals surface area contributed by atoms with Crippen LogP contribution in [0.5, 0.6) is 0 Å². The summed E-state index contributed by atoms with van der Waals surface area (Å²) in [4.78, 5) is 20.1. The molecule has 2 aromatic rings. The van der Waals surface area contributed by atoms with Gasteiger partial charge < -0.3 is 10.6 Å². The van der Waals surface area contributed by atoms with Gasteiger partial charge in [0.05, 0.1) is 6.04 Å². The number of anilines is 1. The zero-order chi connectivity index (χ0) is 15.8. The van der Waals surface area contributed by atoms with Gasteiger partial charge >= 0.3 is 0 Å². The van der Waals surface area contributed by atoms with E-state index < -0.39 is 0 Å². The molecule has 0 aliphatic heterocycles. The van der Waals surface area contributed by atoms with Crippen LogP contribution in [0.3, 0.4) is 0 Å². The number of carbonyl (C=O) groups excluding carboxylic acids is 1. The van der Waals surface area contributed by atoms with Gasteiger partial charge in [0.2, 0.25) is 11.9 Å². The van der Waals surface area contributed by atoms with Crippen LogP contribution in [0.25, 0.3) is 0 Å². The van der Waals surface area contributed by atoms with E-state index in [4.69, 9.17) is 0 Å². The van der Waals surface area contributed by atoms with Crippen molar-refractivity contribution in [3.05, 3.63) is 52.8 Å². The minimum atomic E-state index is 0.00557. The molecule has 1 aromatic heterocycles. The summed E-state index contributed by atoms with van der Waals surface area (Å²) in [6.07, 6.45) is 4.57. The van der Waals surface area contributed by atoms with E-state index in [2.05, 4.69) is 36.5 Å². The van der Waals surface area contributed by atoms with E-state index >= 15 is 0 Å². The normalized spacial score (nSPS) is 11.7. The molecule has 22 heavy (non-hydrogen) atoms. The summed E-state index contributed by atoms with van der Waals surface area (Å²) in [5, 5.41) is 6.08. The lowest BCUT2D eigenvalue weighted by molar-refractivity contribution is -0.121. The van der Waals surface area contributed by atoms with Crippen LogP contribution >= 0.6 is 15.9 Å². The van der Waals surface area contributed by atoms with Crippen LogP contribution < -0.4 is 10.6 Å². The van der Waals surface area contributed by atoms with Gasteiger partial charge in [-0.3, -0.25) is 4.79 Å². The number of aromatic nitrogens is 2. The van der Waals surface area contributed by atoms with Gasteiger partial charge in [0.15, 0.2) is 0 Å². The van der Waals surface area contributed by atoms with Crippen LogP contribution in [0.15, 0.2) is 47.2 Å². The van der Waals surface area contributed by atoms with Crippen molar-refractivity contribution < 1.29 is 4.79 Å². The molecule has 0 aliphatic rings. The molecule has 0 bridgehead atoms. The van der Waals surface area contributed by atoms with E-state index in [1.54, 1.807) is 18.5 Å². The lowest BCUT2D eigenvalue weighted by atomic mass is 10.1. The second kappa shape index (κ2) is 8.48. The summed E-state index contributed by atoms with van der Waals surface area (Å²) < 4.78 is 1.03. The Kier molecular flexibility index (Phi) is 6.33. The third kappa shape index (κ3) is 5.44. The highest BCUT2D eigenvalue weighted by Gasteiger charge is 2.09. The first-order valence-electron chi connectivity index (χ1n) is 7.21. The van der Waals surface area contributed by atoms with Gasteiger partial charge in [-0.1, -0.05) is 28.1 Å². The minimum absolute atomic E-state index is 0.00557. The van der Waals surface area contributed by atoms with Gasteiger partial charge in [-0.25, -0.2) is 9.97 Å². The molecule has 1 atom stereocenters. The number of hydrogen-bond donors (Lipinski definition) is 2. The number of rotatable bonds is 7. The van der Waals surface area contributed by atoms with Crippen LogP contribution in [0.4, 0.5) is 5.95 Å². The van der Waals surface area contributed by atoms with Gasteiger partial charge in [-0.2, -0.15) is 0 Å². The van der Waals surface area contributed by atoms with Crippen molar-refractivity contribution in [3.63, 3.8) is 0 Å². The number of benzene rings is 1. The molecule has 1 unspecified atom stereocenters. The molecule has 0 aliphatic carbocycles. The average Bonchev–Trinajstić information content (AvgIpc) is 2.53. The molecule has 6 heteroatoms. The number of amides is 1. The van der Waals surface area contributed by atoms with Crippen molar-refractivity contribution in [1.29, 1.82) is 0 Å². The molecule has 0 radical (unpaired) electrons. The maximum absolute atomic E-state index is 11.9. The second-order valence-electron chi connectivity index (χ2n) is 4.94. The zero-order valence-corrected chi connectivity index (χ0v) is 14.0. The van der Waals surface area contributed by atoms with Crippen LogP contribution in [0.2, 0.25) is 0 Å².